The molecule has 5 nitrogen and oxygen atoms in total. The van der Waals surface area contributed by atoms with Gasteiger partial charge in [0.15, 0.2) is 5.76 Å². The summed E-state index contributed by atoms with van der Waals surface area (Å²) in [5.74, 6) is -0.359. The number of rotatable bonds is 4. The maximum atomic E-state index is 12.3. The van der Waals surface area contributed by atoms with E-state index in [9.17, 15) is 9.59 Å². The summed E-state index contributed by atoms with van der Waals surface area (Å²) < 4.78 is 5.84. The summed E-state index contributed by atoms with van der Waals surface area (Å²) in [6.45, 7) is 0. The second-order valence-electron chi connectivity index (χ2n) is 5.09. The van der Waals surface area contributed by atoms with E-state index in [0.717, 1.165) is 3.57 Å². The highest BCUT2D eigenvalue weighted by Gasteiger charge is 2.12. The number of amides is 2. The summed E-state index contributed by atoms with van der Waals surface area (Å²) in [4.78, 5) is 24.3. The van der Waals surface area contributed by atoms with Gasteiger partial charge in [-0.05, 0) is 77.2 Å². The Morgan fingerprint density at radius 1 is 0.920 bits per heavy atom. The van der Waals surface area contributed by atoms with Crippen molar-refractivity contribution in [3.8, 4) is 0 Å². The fourth-order valence-electron chi connectivity index (χ4n) is 2.11. The summed E-state index contributed by atoms with van der Waals surface area (Å²) in [6, 6.07) is 15.2. The van der Waals surface area contributed by atoms with Crippen molar-refractivity contribution in [2.45, 2.75) is 0 Å². The second-order valence-corrected chi connectivity index (χ2v) is 6.69. The molecule has 0 radical (unpaired) electrons. The lowest BCUT2D eigenvalue weighted by atomic mass is 10.2. The normalized spacial score (nSPS) is 10.3. The van der Waals surface area contributed by atoms with Gasteiger partial charge in [-0.1, -0.05) is 11.6 Å². The first-order valence-electron chi connectivity index (χ1n) is 7.24. The molecule has 0 bridgehead atoms. The summed E-state index contributed by atoms with van der Waals surface area (Å²) >= 11 is 8.03. The van der Waals surface area contributed by atoms with Crippen LogP contribution < -0.4 is 10.6 Å². The molecule has 0 atom stereocenters. The van der Waals surface area contributed by atoms with Gasteiger partial charge in [-0.15, -0.1) is 0 Å². The molecule has 0 aliphatic carbocycles. The molecule has 3 aromatic rings. The number of furan rings is 1. The highest BCUT2D eigenvalue weighted by molar-refractivity contribution is 14.1. The molecule has 1 aromatic heterocycles. The average Bonchev–Trinajstić information content (AvgIpc) is 3.13. The molecule has 0 saturated heterocycles. The van der Waals surface area contributed by atoms with Crippen molar-refractivity contribution in [3.05, 3.63) is 80.8 Å². The average molecular weight is 467 g/mol. The van der Waals surface area contributed by atoms with Crippen LogP contribution in [0.5, 0.6) is 0 Å². The van der Waals surface area contributed by atoms with Crippen LogP contribution >= 0.6 is 34.2 Å². The van der Waals surface area contributed by atoms with Crippen LogP contribution in [0.3, 0.4) is 0 Å². The maximum absolute atomic E-state index is 12.3. The molecular formula is C18H12ClIN2O3. The first kappa shape index (κ1) is 17.5. The topological polar surface area (TPSA) is 71.3 Å². The summed E-state index contributed by atoms with van der Waals surface area (Å²) in [5, 5.41) is 6.01. The molecule has 2 aromatic carbocycles. The third kappa shape index (κ3) is 4.40. The molecule has 0 spiro atoms. The van der Waals surface area contributed by atoms with Crippen molar-refractivity contribution in [1.29, 1.82) is 0 Å². The number of carbonyl (C=O) groups is 2. The van der Waals surface area contributed by atoms with Crippen LogP contribution in [0.2, 0.25) is 5.02 Å². The minimum atomic E-state index is -0.338. The van der Waals surface area contributed by atoms with Crippen molar-refractivity contribution in [1.82, 2.24) is 0 Å². The van der Waals surface area contributed by atoms with E-state index in [1.165, 1.54) is 6.26 Å². The van der Waals surface area contributed by atoms with Gasteiger partial charge < -0.3 is 15.1 Å². The van der Waals surface area contributed by atoms with Crippen molar-refractivity contribution in [3.63, 3.8) is 0 Å². The van der Waals surface area contributed by atoms with Gasteiger partial charge in [0, 0.05) is 20.0 Å². The molecule has 1 heterocycles. The number of nitrogens with one attached hydrogen (secondary N) is 2. The lowest BCUT2D eigenvalue weighted by Gasteiger charge is -2.09. The Kier molecular flexibility index (Phi) is 5.40. The number of benzene rings is 2. The Hall–Kier alpha value is -2.32. The lowest BCUT2D eigenvalue weighted by molar-refractivity contribution is 0.0994. The van der Waals surface area contributed by atoms with Gasteiger partial charge in [-0.2, -0.15) is 0 Å². The van der Waals surface area contributed by atoms with Crippen LogP contribution in [0.4, 0.5) is 11.4 Å². The molecule has 2 N–H and O–H groups in total. The van der Waals surface area contributed by atoms with E-state index < -0.39 is 0 Å². The van der Waals surface area contributed by atoms with Crippen LogP contribution in [0.15, 0.2) is 65.3 Å². The Balaban J connectivity index is 1.67. The Morgan fingerprint density at radius 2 is 1.56 bits per heavy atom. The molecule has 7 heteroatoms. The van der Waals surface area contributed by atoms with Gasteiger partial charge in [0.2, 0.25) is 0 Å². The van der Waals surface area contributed by atoms with Crippen molar-refractivity contribution in [2.24, 2.45) is 0 Å². The van der Waals surface area contributed by atoms with E-state index in [2.05, 4.69) is 33.2 Å². The number of carbonyl (C=O) groups excluding carboxylic acids is 2. The predicted octanol–water partition coefficient (Wildman–Crippen LogP) is 5.04. The third-order valence-corrected chi connectivity index (χ3v) is 4.49. The summed E-state index contributed by atoms with van der Waals surface area (Å²) in [5.41, 5.74) is 1.71. The Morgan fingerprint density at radius 3 is 2.16 bits per heavy atom. The van der Waals surface area contributed by atoms with Crippen LogP contribution in [0, 0.1) is 3.57 Å². The van der Waals surface area contributed by atoms with Crippen LogP contribution in [-0.2, 0) is 0 Å². The summed E-state index contributed by atoms with van der Waals surface area (Å²) in [7, 11) is 0. The van der Waals surface area contributed by atoms with Gasteiger partial charge in [0.05, 0.1) is 11.8 Å². The second kappa shape index (κ2) is 7.71. The molecule has 25 heavy (non-hydrogen) atoms. The molecule has 126 valence electrons. The molecule has 2 amide bonds. The van der Waals surface area contributed by atoms with Crippen LogP contribution in [0.25, 0.3) is 0 Å². The molecule has 0 fully saturated rings. The van der Waals surface area contributed by atoms with Crippen molar-refractivity contribution < 1.29 is 14.0 Å². The standard InChI is InChI=1S/C18H12ClIN2O3/c19-11-3-8-15(20)14(10-11)17(23)21-12-4-6-13(7-5-12)22-18(24)16-2-1-9-25-16/h1-10H,(H,21,23)(H,22,24). The van der Waals surface area contributed by atoms with Gasteiger partial charge in [0.1, 0.15) is 0 Å². The van der Waals surface area contributed by atoms with Gasteiger partial charge in [-0.25, -0.2) is 0 Å². The van der Waals surface area contributed by atoms with Gasteiger partial charge in [-0.3, -0.25) is 9.59 Å². The highest BCUT2D eigenvalue weighted by atomic mass is 127. The minimum Gasteiger partial charge on any atom is -0.459 e. The van der Waals surface area contributed by atoms with E-state index in [0.29, 0.717) is 22.0 Å². The Bertz CT molecular complexity index is 909. The van der Waals surface area contributed by atoms with Crippen LogP contribution in [-0.4, -0.2) is 11.8 Å². The number of hydrogen-bond acceptors (Lipinski definition) is 3. The molecule has 3 rings (SSSR count). The van der Waals surface area contributed by atoms with Gasteiger partial charge >= 0.3 is 0 Å². The molecular weight excluding hydrogens is 455 g/mol. The third-order valence-electron chi connectivity index (χ3n) is 3.32. The van der Waals surface area contributed by atoms with Crippen molar-refractivity contribution in [2.75, 3.05) is 10.6 Å². The van der Waals surface area contributed by atoms with E-state index in [1.54, 1.807) is 54.6 Å². The SMILES string of the molecule is O=C(Nc1ccc(NC(=O)c2cc(Cl)ccc2I)cc1)c1ccco1. The first-order valence-corrected chi connectivity index (χ1v) is 8.70. The maximum Gasteiger partial charge on any atom is 0.291 e. The highest BCUT2D eigenvalue weighted by Crippen LogP contribution is 2.20. The minimum absolute atomic E-state index is 0.230. The predicted molar refractivity (Wildman–Crippen MR) is 105 cm³/mol. The monoisotopic (exact) mass is 466 g/mol. The molecule has 0 saturated carbocycles. The van der Waals surface area contributed by atoms with E-state index in [1.807, 2.05) is 0 Å². The van der Waals surface area contributed by atoms with E-state index in [4.69, 9.17) is 16.0 Å². The lowest BCUT2D eigenvalue weighted by Crippen LogP contribution is -2.14. The molecule has 0 aliphatic heterocycles. The largest absolute Gasteiger partial charge is 0.459 e. The van der Waals surface area contributed by atoms with Gasteiger partial charge in [0.25, 0.3) is 11.8 Å². The zero-order valence-corrected chi connectivity index (χ0v) is 15.7. The molecule has 0 unspecified atom stereocenters. The first-order chi connectivity index (χ1) is 12.0. The van der Waals surface area contributed by atoms with Crippen molar-refractivity contribution >= 4 is 57.4 Å². The zero-order chi connectivity index (χ0) is 17.8. The Labute approximate surface area is 162 Å². The van der Waals surface area contributed by atoms with E-state index in [-0.39, 0.29) is 17.6 Å². The number of halogens is 2. The number of anilines is 2. The van der Waals surface area contributed by atoms with Crippen LogP contribution in [0.1, 0.15) is 20.9 Å². The fourth-order valence-corrected chi connectivity index (χ4v) is 2.86. The number of hydrogen-bond donors (Lipinski definition) is 2. The zero-order valence-electron chi connectivity index (χ0n) is 12.8. The fraction of sp³-hybridized carbons (Fsp3) is 0. The smallest absolute Gasteiger partial charge is 0.291 e. The quantitative estimate of drug-likeness (QED) is 0.529. The van der Waals surface area contributed by atoms with E-state index >= 15 is 0 Å². The molecule has 0 aliphatic rings. The summed E-state index contributed by atoms with van der Waals surface area (Å²) in [6.07, 6.45) is 1.44.